The average Bonchev–Trinajstić information content (AvgIpc) is 1.56. The first-order valence-electron chi connectivity index (χ1n) is 28.2. The summed E-state index contributed by atoms with van der Waals surface area (Å²) in [4.78, 5) is 110. The number of rotatable bonds is 27. The number of carbonyl (C=O) groups excluding carboxylic acids is 2. The molecule has 0 saturated heterocycles. The Morgan fingerprint density at radius 2 is 0.917 bits per heavy atom. The SMILES string of the molecule is C[Si](C)(CCCNC(=O)CCCCC(=O)O)O[Si]1(O[Si](C)(C)CCCNC(=O)CN(CCCP(=O)(O)O)CCCP(=O)(O)O)n2c3c4ccccc4c2/N=C2N=C(/N=c4/c5ccccc5/c(n41)=N/C1=NC(=N\3)/c3ccccc31)c1ccccc1\2. The zero-order valence-corrected chi connectivity index (χ0v) is 52.1. The molecule has 4 aliphatic heterocycles. The van der Waals surface area contributed by atoms with Crippen molar-refractivity contribution >= 4 is 115 Å². The van der Waals surface area contributed by atoms with Gasteiger partial charge in [-0.15, -0.1) is 0 Å². The number of benzene rings is 4. The smallest absolute Gasteiger partial charge is 0.481 e. The molecule has 4 aliphatic rings. The lowest BCUT2D eigenvalue weighted by atomic mass is 10.1. The molecule has 2 aromatic heterocycles. The maximum Gasteiger partial charge on any atom is 0.582 e. The highest BCUT2D eigenvalue weighted by Gasteiger charge is 2.58. The number of carbonyl (C=O) groups is 3. The number of hydrogen-bond acceptors (Lipinski definition) is 14. The summed E-state index contributed by atoms with van der Waals surface area (Å²) >= 11 is 0. The molecule has 6 aromatic rings. The number of hydrogen-bond donors (Lipinski definition) is 7. The Bertz CT molecular complexity index is 3750. The first kappa shape index (κ1) is 60.6. The van der Waals surface area contributed by atoms with Crippen LogP contribution < -0.4 is 21.6 Å². The fourth-order valence-corrected chi connectivity index (χ4v) is 24.8. The number of amidine groups is 4. The van der Waals surface area contributed by atoms with Crippen molar-refractivity contribution in [2.45, 2.75) is 89.6 Å². The van der Waals surface area contributed by atoms with Crippen LogP contribution in [0, 0.1) is 0 Å². The van der Waals surface area contributed by atoms with E-state index in [0.29, 0.717) is 90.3 Å². The van der Waals surface area contributed by atoms with Crippen LogP contribution in [0.25, 0.3) is 21.5 Å². The van der Waals surface area contributed by atoms with Gasteiger partial charge < -0.3 is 43.5 Å². The van der Waals surface area contributed by atoms with Gasteiger partial charge in [0, 0.05) is 69.7 Å². The van der Waals surface area contributed by atoms with Crippen molar-refractivity contribution in [1.82, 2.24) is 24.0 Å². The van der Waals surface area contributed by atoms with Gasteiger partial charge in [0.15, 0.2) is 40.0 Å². The van der Waals surface area contributed by atoms with Crippen molar-refractivity contribution in [3.63, 3.8) is 0 Å². The minimum atomic E-state index is -4.65. The fourth-order valence-electron chi connectivity index (χ4n) is 11.1. The highest BCUT2D eigenvalue weighted by atomic mass is 31.2. The van der Waals surface area contributed by atoms with Crippen molar-refractivity contribution < 1.29 is 56.4 Å². The third-order valence-electron chi connectivity index (χ3n) is 15.0. The molecule has 0 aliphatic carbocycles. The lowest BCUT2D eigenvalue weighted by Gasteiger charge is -2.43. The predicted molar refractivity (Wildman–Crippen MR) is 329 cm³/mol. The molecular formula is C56H69N11O12P2Si3. The van der Waals surface area contributed by atoms with E-state index < -0.39 is 59.0 Å². The Hall–Kier alpha value is -6.52. The second-order valence-corrected chi connectivity index (χ2v) is 37.9. The van der Waals surface area contributed by atoms with E-state index in [2.05, 4.69) is 45.3 Å². The third kappa shape index (κ3) is 13.8. The number of unbranched alkanes of at least 4 members (excludes halogenated alkanes) is 1. The van der Waals surface area contributed by atoms with Crippen LogP contribution in [-0.4, -0.2) is 150 Å². The fraction of sp³-hybridized carbons (Fsp3) is 0.375. The molecule has 2 amide bonds. The molecule has 10 rings (SSSR count). The molecule has 6 bridgehead atoms. The number of aliphatic imine (C=N–C) groups is 4. The van der Waals surface area contributed by atoms with Crippen LogP contribution in [0.5, 0.6) is 0 Å². The third-order valence-corrected chi connectivity index (χ3v) is 28.4. The summed E-state index contributed by atoms with van der Waals surface area (Å²) in [6.45, 7) is 9.22. The number of nitrogens with zero attached hydrogens (tertiary/aromatic N) is 9. The summed E-state index contributed by atoms with van der Waals surface area (Å²) in [7, 11) is -19.6. The molecule has 1 atom stereocenters. The Balaban J connectivity index is 1.11. The van der Waals surface area contributed by atoms with Gasteiger partial charge in [0.1, 0.15) is 22.6 Å². The number of fused-ring (bicyclic) bond motifs is 14. The van der Waals surface area contributed by atoms with Gasteiger partial charge in [-0.2, -0.15) is 0 Å². The number of carboxylic acid groups (broad SMARTS) is 1. The summed E-state index contributed by atoms with van der Waals surface area (Å²) in [5.41, 5.74) is 4.12. The second-order valence-electron chi connectivity index (χ2n) is 22.7. The van der Waals surface area contributed by atoms with Gasteiger partial charge in [0.05, 0.1) is 18.9 Å². The summed E-state index contributed by atoms with van der Waals surface area (Å²) in [5, 5.41) is 18.2. The minimum absolute atomic E-state index is 0.00311. The van der Waals surface area contributed by atoms with Crippen molar-refractivity contribution in [1.29, 1.82) is 0 Å². The Kier molecular flexibility index (Phi) is 17.9. The topological polar surface area (TPSA) is 316 Å². The van der Waals surface area contributed by atoms with Crippen molar-refractivity contribution in [2.24, 2.45) is 30.0 Å². The normalized spacial score (nSPS) is 18.3. The molecule has 7 N–H and O–H groups in total. The summed E-state index contributed by atoms with van der Waals surface area (Å²) in [6.07, 6.45) is 1.44. The molecule has 4 aromatic carbocycles. The quantitative estimate of drug-likeness (QED) is 0.0157. The van der Waals surface area contributed by atoms with Gasteiger partial charge in [0.25, 0.3) is 0 Å². The Labute approximate surface area is 488 Å². The first-order valence-corrected chi connectivity index (χ1v) is 39.7. The van der Waals surface area contributed by atoms with Gasteiger partial charge in [-0.05, 0) is 89.9 Å². The van der Waals surface area contributed by atoms with Gasteiger partial charge in [-0.1, -0.05) is 97.1 Å². The first-order chi connectivity index (χ1) is 40.0. The molecule has 28 heteroatoms. The lowest BCUT2D eigenvalue weighted by Crippen LogP contribution is -2.70. The molecule has 0 saturated carbocycles. The van der Waals surface area contributed by atoms with Crippen LogP contribution in [0.15, 0.2) is 127 Å². The van der Waals surface area contributed by atoms with Gasteiger partial charge in [0.2, 0.25) is 11.8 Å². The lowest BCUT2D eigenvalue weighted by molar-refractivity contribution is -0.137. The average molecular weight is 1230 g/mol. The molecule has 6 heterocycles. The summed E-state index contributed by atoms with van der Waals surface area (Å²) in [6, 6.07) is 32.7. The van der Waals surface area contributed by atoms with Crippen LogP contribution in [0.4, 0.5) is 11.6 Å². The van der Waals surface area contributed by atoms with Crippen molar-refractivity contribution in [2.75, 3.05) is 45.0 Å². The van der Waals surface area contributed by atoms with Crippen molar-refractivity contribution in [3.05, 3.63) is 130 Å². The van der Waals surface area contributed by atoms with Crippen LogP contribution in [-0.2, 0) is 31.7 Å². The van der Waals surface area contributed by atoms with Crippen molar-refractivity contribution in [3.8, 4) is 0 Å². The molecule has 0 radical (unpaired) electrons. The standard InChI is InChI=1S/C56H69N11O12P2Si3/c1-82(2,35-15-29-57-46(68)27-13-14-28-48(70)71)78-84(79-83(3,4)36-16-30-58-47(69)37-65(31-17-33-80(72,73)74)32-18-34-81(75,76)77)66-53-42-23-9-10-24-43(42)55(66)63-51-40-21-7-8-22-41(40)52(60-51)64-56-45-26-12-11-25-44(45)54(67(56)84)62-50-39-20-6-5-19-38(39)49(59-50)61-53/h5-12,19-26H,13-18,27-37H2,1-4H3,(H,57,68)(H,58,69)(H,70,71)(H2,72,73,74)(H2,75,76,77)/b61-49-,61-53?,62-50?,62-54-,63-51-,63-55?,64-52?,64-56-. The van der Waals surface area contributed by atoms with E-state index in [1.54, 1.807) is 4.90 Å². The highest BCUT2D eigenvalue weighted by molar-refractivity contribution is 7.52. The van der Waals surface area contributed by atoms with Crippen LogP contribution in [0.3, 0.4) is 0 Å². The zero-order valence-electron chi connectivity index (χ0n) is 47.3. The van der Waals surface area contributed by atoms with E-state index in [1.807, 2.05) is 97.1 Å². The van der Waals surface area contributed by atoms with Crippen LogP contribution in [0.1, 0.15) is 73.6 Å². The number of amides is 2. The molecule has 1 unspecified atom stereocenters. The van der Waals surface area contributed by atoms with Crippen LogP contribution in [0.2, 0.25) is 38.3 Å². The molecule has 0 fully saturated rings. The maximum absolute atomic E-state index is 13.7. The minimum Gasteiger partial charge on any atom is -0.481 e. The van der Waals surface area contributed by atoms with E-state index in [9.17, 15) is 43.1 Å². The molecular weight excluding hydrogens is 1160 g/mol. The Morgan fingerprint density at radius 3 is 1.35 bits per heavy atom. The monoisotopic (exact) mass is 1230 g/mol. The number of nitrogens with one attached hydrogen (secondary N) is 2. The van der Waals surface area contributed by atoms with E-state index in [1.165, 1.54) is 0 Å². The highest BCUT2D eigenvalue weighted by Crippen LogP contribution is 2.45. The number of aromatic nitrogens is 2. The molecule has 84 heavy (non-hydrogen) atoms. The maximum atomic E-state index is 13.7. The second kappa shape index (κ2) is 24.8. The molecule has 442 valence electrons. The van der Waals surface area contributed by atoms with E-state index in [4.69, 9.17) is 43.3 Å². The Morgan fingerprint density at radius 1 is 0.524 bits per heavy atom. The number of carboxylic acids is 1. The molecule has 0 spiro atoms. The summed E-state index contributed by atoms with van der Waals surface area (Å²) < 4.78 is 44.1. The zero-order chi connectivity index (χ0) is 59.6. The molecule has 23 nitrogen and oxygen atoms in total. The van der Waals surface area contributed by atoms with Gasteiger partial charge >= 0.3 is 30.0 Å². The van der Waals surface area contributed by atoms with E-state index in [0.717, 1.165) is 43.8 Å². The van der Waals surface area contributed by atoms with Gasteiger partial charge in [-0.25, -0.2) is 30.0 Å². The predicted octanol–water partition coefficient (Wildman–Crippen LogP) is 6.91. The largest absolute Gasteiger partial charge is 0.582 e. The van der Waals surface area contributed by atoms with Crippen LogP contribution >= 0.6 is 15.2 Å². The summed E-state index contributed by atoms with van der Waals surface area (Å²) in [5.74, 6) is 1.31. The van der Waals surface area contributed by atoms with Gasteiger partial charge in [-0.3, -0.25) is 36.9 Å². The van der Waals surface area contributed by atoms with E-state index >= 15 is 0 Å². The number of aliphatic carboxylic acids is 1. The van der Waals surface area contributed by atoms with E-state index in [-0.39, 0.29) is 63.7 Å².